The molecule has 0 aliphatic heterocycles. The Morgan fingerprint density at radius 3 is 2.20 bits per heavy atom. The molecule has 0 aliphatic carbocycles. The van der Waals surface area contributed by atoms with Gasteiger partial charge in [0.15, 0.2) is 0 Å². The van der Waals surface area contributed by atoms with Gasteiger partial charge in [0, 0.05) is 57.0 Å². The van der Waals surface area contributed by atoms with E-state index in [1.807, 2.05) is 39.8 Å². The summed E-state index contributed by atoms with van der Waals surface area (Å²) in [6.07, 6.45) is 0.390. The lowest BCUT2D eigenvalue weighted by molar-refractivity contribution is -0.133. The largest absolute Gasteiger partial charge is 0.497 e. The standard InChI is InChI=1S/C26H38N2O6S/c1-7-27(8-2)22-10-9-21(19-28(15-16-32-5)26(29)17-20(3)4)25(18-22)34-35(30,31)24-13-11-23(33-6)12-14-24/h9-14,18,20H,7-8,15-17,19H2,1-6H3. The second-order valence-corrected chi connectivity index (χ2v) is 10.1. The molecule has 35 heavy (non-hydrogen) atoms. The summed E-state index contributed by atoms with van der Waals surface area (Å²) in [6.45, 7) is 10.5. The first-order valence-electron chi connectivity index (χ1n) is 11.9. The third kappa shape index (κ3) is 8.14. The van der Waals surface area contributed by atoms with Gasteiger partial charge in [0.2, 0.25) is 5.91 Å². The van der Waals surface area contributed by atoms with E-state index < -0.39 is 10.1 Å². The van der Waals surface area contributed by atoms with Crippen LogP contribution in [0.5, 0.6) is 11.5 Å². The van der Waals surface area contributed by atoms with Crippen molar-refractivity contribution in [1.29, 1.82) is 0 Å². The maximum atomic E-state index is 13.1. The molecule has 0 bridgehead atoms. The third-order valence-electron chi connectivity index (χ3n) is 5.59. The van der Waals surface area contributed by atoms with E-state index in [1.165, 1.54) is 19.2 Å². The van der Waals surface area contributed by atoms with Crippen molar-refractivity contribution in [2.75, 3.05) is 45.4 Å². The molecule has 0 atom stereocenters. The lowest BCUT2D eigenvalue weighted by Gasteiger charge is -2.26. The Balaban J connectivity index is 2.46. The highest BCUT2D eigenvalue weighted by atomic mass is 32.2. The Labute approximate surface area is 209 Å². The molecule has 2 rings (SSSR count). The van der Waals surface area contributed by atoms with Crippen molar-refractivity contribution in [2.45, 2.75) is 45.6 Å². The summed E-state index contributed by atoms with van der Waals surface area (Å²) < 4.78 is 42.3. The first-order valence-corrected chi connectivity index (χ1v) is 13.3. The molecule has 0 saturated heterocycles. The van der Waals surface area contributed by atoms with Crippen molar-refractivity contribution in [3.63, 3.8) is 0 Å². The lowest BCUT2D eigenvalue weighted by atomic mass is 10.1. The van der Waals surface area contributed by atoms with E-state index in [4.69, 9.17) is 13.7 Å². The van der Waals surface area contributed by atoms with E-state index in [-0.39, 0.29) is 29.0 Å². The molecule has 0 spiro atoms. The highest BCUT2D eigenvalue weighted by molar-refractivity contribution is 7.87. The van der Waals surface area contributed by atoms with Crippen LogP contribution in [0.15, 0.2) is 47.4 Å². The highest BCUT2D eigenvalue weighted by Gasteiger charge is 2.23. The van der Waals surface area contributed by atoms with Crippen molar-refractivity contribution in [2.24, 2.45) is 5.92 Å². The lowest BCUT2D eigenvalue weighted by Crippen LogP contribution is -2.34. The minimum absolute atomic E-state index is 0.0182. The zero-order valence-corrected chi connectivity index (χ0v) is 22.4. The van der Waals surface area contributed by atoms with E-state index in [0.717, 1.165) is 18.8 Å². The third-order valence-corrected chi connectivity index (χ3v) is 6.84. The van der Waals surface area contributed by atoms with Crippen LogP contribution in [0, 0.1) is 5.92 Å². The smallest absolute Gasteiger partial charge is 0.339 e. The van der Waals surface area contributed by atoms with E-state index in [9.17, 15) is 13.2 Å². The number of hydrogen-bond acceptors (Lipinski definition) is 7. The number of benzene rings is 2. The van der Waals surface area contributed by atoms with E-state index in [2.05, 4.69) is 4.90 Å². The van der Waals surface area contributed by atoms with E-state index in [1.54, 1.807) is 30.2 Å². The highest BCUT2D eigenvalue weighted by Crippen LogP contribution is 2.30. The zero-order valence-electron chi connectivity index (χ0n) is 21.6. The second-order valence-electron chi connectivity index (χ2n) is 8.58. The van der Waals surface area contributed by atoms with Crippen molar-refractivity contribution in [3.8, 4) is 11.5 Å². The number of methoxy groups -OCH3 is 2. The Kier molecular flexibility index (Phi) is 10.9. The van der Waals surface area contributed by atoms with Gasteiger partial charge in [-0.1, -0.05) is 19.9 Å². The molecule has 0 aliphatic rings. The number of anilines is 1. The fourth-order valence-corrected chi connectivity index (χ4v) is 4.58. The van der Waals surface area contributed by atoms with Gasteiger partial charge in [-0.25, -0.2) is 0 Å². The van der Waals surface area contributed by atoms with Gasteiger partial charge >= 0.3 is 10.1 Å². The van der Waals surface area contributed by atoms with Crippen LogP contribution in [-0.4, -0.2) is 59.7 Å². The van der Waals surface area contributed by atoms with Gasteiger partial charge in [0.05, 0.1) is 13.7 Å². The zero-order chi connectivity index (χ0) is 26.0. The predicted octanol–water partition coefficient (Wildman–Crippen LogP) is 4.33. The summed E-state index contributed by atoms with van der Waals surface area (Å²) in [5, 5.41) is 0. The van der Waals surface area contributed by atoms with Gasteiger partial charge in [0.25, 0.3) is 0 Å². The van der Waals surface area contributed by atoms with E-state index >= 15 is 0 Å². The van der Waals surface area contributed by atoms with Crippen LogP contribution in [-0.2, 0) is 26.2 Å². The Morgan fingerprint density at radius 1 is 1.00 bits per heavy atom. The maximum Gasteiger partial charge on any atom is 0.339 e. The summed E-state index contributed by atoms with van der Waals surface area (Å²) in [5.41, 5.74) is 1.45. The maximum absolute atomic E-state index is 13.1. The minimum Gasteiger partial charge on any atom is -0.497 e. The Morgan fingerprint density at radius 2 is 1.66 bits per heavy atom. The molecule has 0 unspecified atom stereocenters. The Bertz CT molecular complexity index is 1050. The van der Waals surface area contributed by atoms with Crippen LogP contribution in [0.25, 0.3) is 0 Å². The summed E-state index contributed by atoms with van der Waals surface area (Å²) >= 11 is 0. The summed E-state index contributed by atoms with van der Waals surface area (Å²) in [6, 6.07) is 11.5. The number of nitrogens with zero attached hydrogens (tertiary/aromatic N) is 2. The molecule has 0 fully saturated rings. The normalized spacial score (nSPS) is 11.4. The molecular weight excluding hydrogens is 468 g/mol. The van der Waals surface area contributed by atoms with Crippen LogP contribution >= 0.6 is 0 Å². The molecule has 8 nitrogen and oxygen atoms in total. The first-order chi connectivity index (χ1) is 16.6. The average molecular weight is 507 g/mol. The summed E-state index contributed by atoms with van der Waals surface area (Å²) in [7, 11) is -1.01. The Hall–Kier alpha value is -2.78. The van der Waals surface area contributed by atoms with Gasteiger partial charge < -0.3 is 23.5 Å². The van der Waals surface area contributed by atoms with Gasteiger partial charge in [-0.2, -0.15) is 8.42 Å². The van der Waals surface area contributed by atoms with Crippen molar-refractivity contribution >= 4 is 21.7 Å². The number of rotatable bonds is 14. The van der Waals surface area contributed by atoms with Gasteiger partial charge in [-0.15, -0.1) is 0 Å². The second kappa shape index (κ2) is 13.3. The molecule has 0 aromatic heterocycles. The van der Waals surface area contributed by atoms with Crippen molar-refractivity contribution < 1.29 is 26.9 Å². The molecule has 2 aromatic rings. The molecule has 0 heterocycles. The van der Waals surface area contributed by atoms with E-state index in [0.29, 0.717) is 30.9 Å². The summed E-state index contributed by atoms with van der Waals surface area (Å²) in [5.74, 6) is 0.924. The van der Waals surface area contributed by atoms with Gasteiger partial charge in [-0.05, 0) is 50.1 Å². The first kappa shape index (κ1) is 28.5. The van der Waals surface area contributed by atoms with Crippen LogP contribution in [0.3, 0.4) is 0 Å². The number of carbonyl (C=O) groups excluding carboxylic acids is 1. The van der Waals surface area contributed by atoms with Crippen LogP contribution in [0.4, 0.5) is 5.69 Å². The minimum atomic E-state index is -4.11. The van der Waals surface area contributed by atoms with Gasteiger partial charge in [-0.3, -0.25) is 4.79 Å². The molecule has 194 valence electrons. The SMILES string of the molecule is CCN(CC)c1ccc(CN(CCOC)C(=O)CC(C)C)c(OS(=O)(=O)c2ccc(OC)cc2)c1. The number of carbonyl (C=O) groups is 1. The average Bonchev–Trinajstić information content (AvgIpc) is 2.83. The molecule has 0 saturated carbocycles. The monoisotopic (exact) mass is 506 g/mol. The molecule has 1 amide bonds. The summed E-state index contributed by atoms with van der Waals surface area (Å²) in [4.78, 5) is 16.7. The number of ether oxygens (including phenoxy) is 2. The van der Waals surface area contributed by atoms with Crippen LogP contribution < -0.4 is 13.8 Å². The van der Waals surface area contributed by atoms with Crippen molar-refractivity contribution in [3.05, 3.63) is 48.0 Å². The fourth-order valence-electron chi connectivity index (χ4n) is 3.62. The van der Waals surface area contributed by atoms with Gasteiger partial charge in [0.1, 0.15) is 16.4 Å². The number of hydrogen-bond donors (Lipinski definition) is 0. The molecule has 0 radical (unpaired) electrons. The molecular formula is C26H38N2O6S. The topological polar surface area (TPSA) is 85.4 Å². The quantitative estimate of drug-likeness (QED) is 0.353. The van der Waals surface area contributed by atoms with Crippen LogP contribution in [0.2, 0.25) is 0 Å². The van der Waals surface area contributed by atoms with Crippen LogP contribution in [0.1, 0.15) is 39.7 Å². The number of amides is 1. The molecule has 9 heteroatoms. The fraction of sp³-hybridized carbons (Fsp3) is 0.500. The molecule has 2 aromatic carbocycles. The molecule has 0 N–H and O–H groups in total. The van der Waals surface area contributed by atoms with Crippen molar-refractivity contribution in [1.82, 2.24) is 4.90 Å². The predicted molar refractivity (Wildman–Crippen MR) is 138 cm³/mol.